The predicted molar refractivity (Wildman–Crippen MR) is 137 cm³/mol. The smallest absolute Gasteiger partial charge is 0.344 e. The van der Waals surface area contributed by atoms with E-state index in [1.165, 1.54) is 12.7 Å². The number of aliphatic hydroxyl groups excluding tert-OH is 1. The molecule has 0 saturated carbocycles. The fraction of sp³-hybridized carbons (Fsp3) is 0.231. The van der Waals surface area contributed by atoms with Gasteiger partial charge in [-0.05, 0) is 24.3 Å². The molecule has 3 atom stereocenters. The number of carbonyl (C=O) groups excluding carboxylic acids is 3. The van der Waals surface area contributed by atoms with Crippen LogP contribution in [0.15, 0.2) is 55.1 Å². The SMILES string of the molecule is O=C(COC(=O)c1cc(O)c(O)c(O)c1)OC1CC(n2cnc3c(NC(=O)c4ccccc4)ncnc32)OC1CO. The summed E-state index contributed by atoms with van der Waals surface area (Å²) in [4.78, 5) is 49.8. The summed E-state index contributed by atoms with van der Waals surface area (Å²) in [6, 6.07) is 10.3. The Balaban J connectivity index is 1.23. The van der Waals surface area contributed by atoms with Gasteiger partial charge in [-0.1, -0.05) is 18.2 Å². The number of amides is 1. The highest BCUT2D eigenvalue weighted by Crippen LogP contribution is 2.36. The first-order chi connectivity index (χ1) is 19.7. The average Bonchev–Trinajstić information content (AvgIpc) is 3.59. The first-order valence-corrected chi connectivity index (χ1v) is 12.2. The first kappa shape index (κ1) is 27.3. The van der Waals surface area contributed by atoms with E-state index in [4.69, 9.17) is 14.2 Å². The van der Waals surface area contributed by atoms with Crippen molar-refractivity contribution in [3.63, 3.8) is 0 Å². The Kier molecular flexibility index (Phi) is 7.62. The molecular weight excluding hydrogens is 542 g/mol. The van der Waals surface area contributed by atoms with E-state index in [2.05, 4.69) is 20.3 Å². The molecule has 15 nitrogen and oxygen atoms in total. The highest BCUT2D eigenvalue weighted by atomic mass is 16.6. The molecule has 1 amide bonds. The van der Waals surface area contributed by atoms with Crippen LogP contribution in [0.5, 0.6) is 17.2 Å². The Labute approximate surface area is 230 Å². The third kappa shape index (κ3) is 5.70. The zero-order chi connectivity index (χ0) is 29.1. The lowest BCUT2D eigenvalue weighted by molar-refractivity contribution is -0.156. The summed E-state index contributed by atoms with van der Waals surface area (Å²) in [5.41, 5.74) is 0.737. The predicted octanol–water partition coefficient (Wildman–Crippen LogP) is 1.24. The van der Waals surface area contributed by atoms with Gasteiger partial charge in [0.25, 0.3) is 5.91 Å². The minimum atomic E-state index is -1.06. The van der Waals surface area contributed by atoms with E-state index in [1.54, 1.807) is 34.9 Å². The van der Waals surface area contributed by atoms with E-state index < -0.39 is 60.8 Å². The zero-order valence-electron chi connectivity index (χ0n) is 21.1. The van der Waals surface area contributed by atoms with Crippen molar-refractivity contribution in [1.82, 2.24) is 19.5 Å². The van der Waals surface area contributed by atoms with Crippen LogP contribution < -0.4 is 5.32 Å². The van der Waals surface area contributed by atoms with Crippen LogP contribution in [0.1, 0.15) is 33.4 Å². The number of hydrogen-bond acceptors (Lipinski definition) is 13. The Morgan fingerprint density at radius 2 is 1.76 bits per heavy atom. The number of aliphatic hydroxyl groups is 1. The van der Waals surface area contributed by atoms with Crippen LogP contribution in [0.2, 0.25) is 0 Å². The third-order valence-corrected chi connectivity index (χ3v) is 6.21. The van der Waals surface area contributed by atoms with Crippen molar-refractivity contribution in [3.05, 3.63) is 66.2 Å². The second-order valence-electron chi connectivity index (χ2n) is 8.88. The minimum Gasteiger partial charge on any atom is -0.504 e. The monoisotopic (exact) mass is 565 g/mol. The number of anilines is 1. The van der Waals surface area contributed by atoms with Gasteiger partial charge in [0.2, 0.25) is 0 Å². The van der Waals surface area contributed by atoms with Crippen LogP contribution in [0.3, 0.4) is 0 Å². The number of aromatic hydroxyl groups is 3. The van der Waals surface area contributed by atoms with Gasteiger partial charge in [0, 0.05) is 12.0 Å². The summed E-state index contributed by atoms with van der Waals surface area (Å²) in [6.07, 6.45) is 0.167. The van der Waals surface area contributed by atoms with E-state index >= 15 is 0 Å². The van der Waals surface area contributed by atoms with E-state index in [0.717, 1.165) is 12.1 Å². The number of nitrogens with one attached hydrogen (secondary N) is 1. The fourth-order valence-electron chi connectivity index (χ4n) is 4.22. The second-order valence-corrected chi connectivity index (χ2v) is 8.88. The van der Waals surface area contributed by atoms with Crippen molar-refractivity contribution in [1.29, 1.82) is 0 Å². The van der Waals surface area contributed by atoms with Gasteiger partial charge in [0.05, 0.1) is 18.5 Å². The fourth-order valence-corrected chi connectivity index (χ4v) is 4.22. The molecule has 1 aliphatic rings. The maximum absolute atomic E-state index is 12.6. The number of fused-ring (bicyclic) bond motifs is 1. The molecule has 0 aliphatic carbocycles. The molecule has 1 fully saturated rings. The maximum atomic E-state index is 12.6. The maximum Gasteiger partial charge on any atom is 0.344 e. The lowest BCUT2D eigenvalue weighted by Gasteiger charge is -2.16. The number of esters is 2. The number of imidazole rings is 1. The van der Waals surface area contributed by atoms with Gasteiger partial charge in [-0.2, -0.15) is 0 Å². The van der Waals surface area contributed by atoms with Crippen molar-refractivity contribution in [3.8, 4) is 17.2 Å². The van der Waals surface area contributed by atoms with Crippen LogP contribution in [0.25, 0.3) is 11.2 Å². The summed E-state index contributed by atoms with van der Waals surface area (Å²) in [7, 11) is 0. The highest BCUT2D eigenvalue weighted by Gasteiger charge is 2.39. The number of ether oxygens (including phenoxy) is 3. The highest BCUT2D eigenvalue weighted by molar-refractivity contribution is 6.06. The van der Waals surface area contributed by atoms with Gasteiger partial charge >= 0.3 is 11.9 Å². The van der Waals surface area contributed by atoms with Gasteiger partial charge in [-0.25, -0.2) is 24.5 Å². The van der Waals surface area contributed by atoms with Crippen LogP contribution in [0, 0.1) is 0 Å². The number of aromatic nitrogens is 4. The molecule has 4 aromatic rings. The number of benzene rings is 2. The van der Waals surface area contributed by atoms with E-state index in [0.29, 0.717) is 16.7 Å². The molecule has 0 spiro atoms. The Hall–Kier alpha value is -5.28. The van der Waals surface area contributed by atoms with E-state index in [-0.39, 0.29) is 23.7 Å². The number of phenolic OH excluding ortho intramolecular Hbond substituents is 3. The summed E-state index contributed by atoms with van der Waals surface area (Å²) < 4.78 is 17.6. The topological polar surface area (TPSA) is 215 Å². The Morgan fingerprint density at radius 1 is 1.02 bits per heavy atom. The molecule has 212 valence electrons. The first-order valence-electron chi connectivity index (χ1n) is 12.2. The minimum absolute atomic E-state index is 0.0891. The van der Waals surface area contributed by atoms with Crippen LogP contribution in [-0.4, -0.2) is 83.2 Å². The summed E-state index contributed by atoms with van der Waals surface area (Å²) in [6.45, 7) is -1.30. The molecule has 2 aromatic heterocycles. The van der Waals surface area contributed by atoms with Crippen LogP contribution in [0.4, 0.5) is 5.82 Å². The largest absolute Gasteiger partial charge is 0.504 e. The molecule has 1 saturated heterocycles. The lowest BCUT2D eigenvalue weighted by atomic mass is 10.2. The summed E-state index contributed by atoms with van der Waals surface area (Å²) in [5, 5.41) is 41.0. The standard InChI is InChI=1S/C26H23N5O10/c32-9-18-17(41-20(35)10-39-26(38)14-6-15(33)22(36)16(34)7-14)8-19(40-18)31-12-29-21-23(27-11-28-24(21)31)30-25(37)13-4-2-1-3-5-13/h1-7,11-12,17-19,32-34,36H,8-10H2,(H,27,28,30,37). The molecule has 3 unspecified atom stereocenters. The van der Waals surface area contributed by atoms with Crippen LogP contribution >= 0.6 is 0 Å². The molecule has 0 radical (unpaired) electrons. The Morgan fingerprint density at radius 3 is 2.46 bits per heavy atom. The number of phenols is 3. The van der Waals surface area contributed by atoms with Gasteiger partial charge in [-0.3, -0.25) is 9.36 Å². The number of rotatable bonds is 8. The lowest BCUT2D eigenvalue weighted by Crippen LogP contribution is -2.31. The molecule has 1 aliphatic heterocycles. The van der Waals surface area contributed by atoms with Gasteiger partial charge in [-0.15, -0.1) is 0 Å². The number of carbonyl (C=O) groups is 3. The summed E-state index contributed by atoms with van der Waals surface area (Å²) >= 11 is 0. The molecular formula is C26H23N5O10. The van der Waals surface area contributed by atoms with Crippen molar-refractivity contribution < 1.29 is 49.0 Å². The van der Waals surface area contributed by atoms with Crippen molar-refractivity contribution in [2.45, 2.75) is 24.9 Å². The van der Waals surface area contributed by atoms with Crippen molar-refractivity contribution in [2.24, 2.45) is 0 Å². The van der Waals surface area contributed by atoms with Gasteiger partial charge < -0.3 is 40.0 Å². The van der Waals surface area contributed by atoms with E-state index in [9.17, 15) is 34.8 Å². The molecule has 5 rings (SSSR count). The molecule has 2 aromatic carbocycles. The second kappa shape index (κ2) is 11.4. The van der Waals surface area contributed by atoms with Crippen molar-refractivity contribution in [2.75, 3.05) is 18.5 Å². The molecule has 15 heteroatoms. The molecule has 3 heterocycles. The summed E-state index contributed by atoms with van der Waals surface area (Å²) in [5.74, 6) is -4.51. The molecule has 41 heavy (non-hydrogen) atoms. The number of nitrogens with zero attached hydrogens (tertiary/aromatic N) is 4. The van der Waals surface area contributed by atoms with Crippen LogP contribution in [-0.2, 0) is 19.0 Å². The average molecular weight is 565 g/mol. The van der Waals surface area contributed by atoms with Gasteiger partial charge in [0.15, 0.2) is 40.8 Å². The zero-order valence-corrected chi connectivity index (χ0v) is 21.1. The molecule has 5 N–H and O–H groups in total. The normalized spacial score (nSPS) is 18.2. The number of hydrogen-bond donors (Lipinski definition) is 5. The van der Waals surface area contributed by atoms with Crippen molar-refractivity contribution >= 4 is 34.8 Å². The van der Waals surface area contributed by atoms with E-state index in [1.807, 2.05) is 0 Å². The van der Waals surface area contributed by atoms with Gasteiger partial charge in [0.1, 0.15) is 24.8 Å². The molecule has 0 bridgehead atoms. The Bertz CT molecular complexity index is 1590. The quantitative estimate of drug-likeness (QED) is 0.150. The third-order valence-electron chi connectivity index (χ3n) is 6.21.